The van der Waals surface area contributed by atoms with Gasteiger partial charge in [-0.15, -0.1) is 0 Å². The maximum atomic E-state index is 12.4. The molecule has 0 aliphatic carbocycles. The summed E-state index contributed by atoms with van der Waals surface area (Å²) in [4.78, 5) is 21.1. The smallest absolute Gasteiger partial charge is 0.255 e. The van der Waals surface area contributed by atoms with Crippen molar-refractivity contribution in [3.05, 3.63) is 96.1 Å². The highest BCUT2D eigenvalue weighted by atomic mass is 16.5. The minimum absolute atomic E-state index is 0.288. The van der Waals surface area contributed by atoms with E-state index in [0.29, 0.717) is 40.1 Å². The Morgan fingerprint density at radius 2 is 1.80 bits per heavy atom. The van der Waals surface area contributed by atoms with Gasteiger partial charge in [-0.25, -0.2) is 4.98 Å². The van der Waals surface area contributed by atoms with Gasteiger partial charge in [-0.2, -0.15) is 10.2 Å². The van der Waals surface area contributed by atoms with Crippen LogP contribution in [0.1, 0.15) is 21.7 Å². The molecule has 1 N–H and O–H groups in total. The van der Waals surface area contributed by atoms with E-state index in [1.54, 1.807) is 61.5 Å². The number of benzene rings is 2. The third-order valence-electron chi connectivity index (χ3n) is 4.26. The largest absolute Gasteiger partial charge is 0.439 e. The first-order chi connectivity index (χ1) is 14.6. The monoisotopic (exact) mass is 395 g/mol. The topological polar surface area (TPSA) is 92.8 Å². The number of anilines is 1. The average Bonchev–Trinajstić information content (AvgIpc) is 3.30. The summed E-state index contributed by atoms with van der Waals surface area (Å²) in [5.74, 6) is 2.03. The molecule has 0 unspecified atom stereocenters. The number of nitriles is 1. The van der Waals surface area contributed by atoms with Gasteiger partial charge in [-0.05, 0) is 61.5 Å². The summed E-state index contributed by atoms with van der Waals surface area (Å²) in [6, 6.07) is 21.1. The zero-order chi connectivity index (χ0) is 20.9. The number of hydrogen-bond acceptors (Lipinski definition) is 5. The standard InChI is InChI=1S/C23H17N5O2/c1-16-25-21(28-11-2-3-12-28)14-22(26-16)30-20-9-7-19(8-10-20)27-23(29)18-6-4-5-17(13-18)15-24/h2-14H,1H3,(H,27,29). The van der Waals surface area contributed by atoms with Gasteiger partial charge in [0.05, 0.1) is 11.6 Å². The number of rotatable bonds is 5. The third kappa shape index (κ3) is 4.34. The van der Waals surface area contributed by atoms with Crippen LogP contribution in [0, 0.1) is 18.3 Å². The van der Waals surface area contributed by atoms with Crippen LogP contribution in [-0.4, -0.2) is 20.4 Å². The Hall–Kier alpha value is -4.44. The molecule has 0 saturated heterocycles. The van der Waals surface area contributed by atoms with Crippen molar-refractivity contribution in [2.24, 2.45) is 0 Å². The molecule has 2 aromatic heterocycles. The number of hydrogen-bond donors (Lipinski definition) is 1. The van der Waals surface area contributed by atoms with Gasteiger partial charge in [0.15, 0.2) is 0 Å². The molecule has 146 valence electrons. The normalized spacial score (nSPS) is 10.3. The Morgan fingerprint density at radius 1 is 1.03 bits per heavy atom. The highest BCUT2D eigenvalue weighted by molar-refractivity contribution is 6.04. The van der Waals surface area contributed by atoms with Crippen LogP contribution in [0.2, 0.25) is 0 Å². The predicted molar refractivity (Wildman–Crippen MR) is 112 cm³/mol. The maximum absolute atomic E-state index is 12.4. The van der Waals surface area contributed by atoms with Crippen LogP contribution >= 0.6 is 0 Å². The van der Waals surface area contributed by atoms with Crippen LogP contribution in [0.3, 0.4) is 0 Å². The fourth-order valence-electron chi connectivity index (χ4n) is 2.86. The summed E-state index contributed by atoms with van der Waals surface area (Å²) in [6.45, 7) is 1.81. The lowest BCUT2D eigenvalue weighted by Crippen LogP contribution is -2.11. The molecule has 2 aromatic carbocycles. The van der Waals surface area contributed by atoms with Gasteiger partial charge in [0.2, 0.25) is 5.88 Å². The maximum Gasteiger partial charge on any atom is 0.255 e. The van der Waals surface area contributed by atoms with Crippen LogP contribution in [-0.2, 0) is 0 Å². The molecule has 7 nitrogen and oxygen atoms in total. The molecule has 0 atom stereocenters. The van der Waals surface area contributed by atoms with E-state index in [-0.39, 0.29) is 5.91 Å². The molecule has 0 bridgehead atoms. The van der Waals surface area contributed by atoms with Crippen molar-refractivity contribution in [2.45, 2.75) is 6.92 Å². The minimum Gasteiger partial charge on any atom is -0.439 e. The van der Waals surface area contributed by atoms with E-state index < -0.39 is 0 Å². The first-order valence-corrected chi connectivity index (χ1v) is 9.19. The molecule has 7 heteroatoms. The molecule has 0 aliphatic heterocycles. The summed E-state index contributed by atoms with van der Waals surface area (Å²) in [5, 5.41) is 11.8. The second-order valence-electron chi connectivity index (χ2n) is 6.48. The Labute approximate surface area is 173 Å². The van der Waals surface area contributed by atoms with Crippen LogP contribution in [0.4, 0.5) is 5.69 Å². The van der Waals surface area contributed by atoms with Gasteiger partial charge in [0.25, 0.3) is 5.91 Å². The van der Waals surface area contributed by atoms with Gasteiger partial charge >= 0.3 is 0 Å². The van der Waals surface area contributed by atoms with Crippen molar-refractivity contribution in [1.82, 2.24) is 14.5 Å². The first kappa shape index (κ1) is 18.9. The van der Waals surface area contributed by atoms with Crippen LogP contribution in [0.15, 0.2) is 79.1 Å². The molecule has 4 rings (SSSR count). The Bertz CT molecular complexity index is 1230. The number of nitrogens with zero attached hydrogens (tertiary/aromatic N) is 4. The quantitative estimate of drug-likeness (QED) is 0.537. The molecule has 30 heavy (non-hydrogen) atoms. The number of aromatic nitrogens is 3. The second-order valence-corrected chi connectivity index (χ2v) is 6.48. The molecular weight excluding hydrogens is 378 g/mol. The molecule has 4 aromatic rings. The number of carbonyl (C=O) groups excluding carboxylic acids is 1. The molecule has 2 heterocycles. The van der Waals surface area contributed by atoms with Crippen molar-refractivity contribution in [1.29, 1.82) is 5.26 Å². The minimum atomic E-state index is -0.288. The van der Waals surface area contributed by atoms with Gasteiger partial charge in [-0.3, -0.25) is 4.79 Å². The highest BCUT2D eigenvalue weighted by Crippen LogP contribution is 2.23. The van der Waals surface area contributed by atoms with Crippen molar-refractivity contribution in [2.75, 3.05) is 5.32 Å². The van der Waals surface area contributed by atoms with E-state index in [0.717, 1.165) is 0 Å². The molecule has 0 saturated carbocycles. The zero-order valence-electron chi connectivity index (χ0n) is 16.1. The number of carbonyl (C=O) groups is 1. The molecular formula is C23H17N5O2. The van der Waals surface area contributed by atoms with Gasteiger partial charge in [0, 0.05) is 29.7 Å². The SMILES string of the molecule is Cc1nc(Oc2ccc(NC(=O)c3cccc(C#N)c3)cc2)cc(-n2cccc2)n1. The van der Waals surface area contributed by atoms with Crippen LogP contribution in [0.5, 0.6) is 11.6 Å². The summed E-state index contributed by atoms with van der Waals surface area (Å²) < 4.78 is 7.74. The highest BCUT2D eigenvalue weighted by Gasteiger charge is 2.09. The van der Waals surface area contributed by atoms with Gasteiger partial charge < -0.3 is 14.6 Å². The van der Waals surface area contributed by atoms with E-state index in [4.69, 9.17) is 10.00 Å². The van der Waals surface area contributed by atoms with E-state index in [1.165, 1.54) is 0 Å². The van der Waals surface area contributed by atoms with E-state index in [1.807, 2.05) is 35.2 Å². The van der Waals surface area contributed by atoms with Crippen molar-refractivity contribution >= 4 is 11.6 Å². The number of ether oxygens (including phenoxy) is 1. The van der Waals surface area contributed by atoms with Crippen LogP contribution in [0.25, 0.3) is 5.82 Å². The van der Waals surface area contributed by atoms with Gasteiger partial charge in [-0.1, -0.05) is 6.07 Å². The zero-order valence-corrected chi connectivity index (χ0v) is 16.1. The van der Waals surface area contributed by atoms with E-state index >= 15 is 0 Å². The lowest BCUT2D eigenvalue weighted by Gasteiger charge is -2.10. The van der Waals surface area contributed by atoms with E-state index in [2.05, 4.69) is 15.3 Å². The Kier molecular flexibility index (Phi) is 5.22. The number of aryl methyl sites for hydroxylation is 1. The van der Waals surface area contributed by atoms with E-state index in [9.17, 15) is 4.79 Å². The Balaban J connectivity index is 1.46. The number of nitrogens with one attached hydrogen (secondary N) is 1. The second kappa shape index (κ2) is 8.29. The lowest BCUT2D eigenvalue weighted by atomic mass is 10.1. The molecule has 0 fully saturated rings. The predicted octanol–water partition coefficient (Wildman–Crippen LogP) is 4.49. The molecule has 0 spiro atoms. The summed E-state index contributed by atoms with van der Waals surface area (Å²) >= 11 is 0. The average molecular weight is 395 g/mol. The van der Waals surface area contributed by atoms with Crippen molar-refractivity contribution in [3.8, 4) is 23.5 Å². The third-order valence-corrected chi connectivity index (χ3v) is 4.26. The molecule has 1 amide bonds. The molecule has 0 aliphatic rings. The molecule has 0 radical (unpaired) electrons. The fourth-order valence-corrected chi connectivity index (χ4v) is 2.86. The Morgan fingerprint density at radius 3 is 2.53 bits per heavy atom. The summed E-state index contributed by atoms with van der Waals surface area (Å²) in [6.07, 6.45) is 3.80. The first-order valence-electron chi connectivity index (χ1n) is 9.19. The summed E-state index contributed by atoms with van der Waals surface area (Å²) in [7, 11) is 0. The lowest BCUT2D eigenvalue weighted by molar-refractivity contribution is 0.102. The number of amides is 1. The van der Waals surface area contributed by atoms with Crippen molar-refractivity contribution < 1.29 is 9.53 Å². The summed E-state index contributed by atoms with van der Waals surface area (Å²) in [5.41, 5.74) is 1.47. The fraction of sp³-hybridized carbons (Fsp3) is 0.0435. The van der Waals surface area contributed by atoms with Crippen molar-refractivity contribution in [3.63, 3.8) is 0 Å². The van der Waals surface area contributed by atoms with Gasteiger partial charge in [0.1, 0.15) is 17.4 Å². The van der Waals surface area contributed by atoms with Crippen LogP contribution < -0.4 is 10.1 Å².